The van der Waals surface area contributed by atoms with Gasteiger partial charge in [-0.1, -0.05) is 48.3 Å². The highest BCUT2D eigenvalue weighted by Gasteiger charge is 2.23. The van der Waals surface area contributed by atoms with Crippen molar-refractivity contribution < 1.29 is 9.47 Å². The summed E-state index contributed by atoms with van der Waals surface area (Å²) in [5, 5.41) is 5.31. The number of hydrogen-bond acceptors (Lipinski definition) is 5. The summed E-state index contributed by atoms with van der Waals surface area (Å²) < 4.78 is 12.7. The van der Waals surface area contributed by atoms with Crippen LogP contribution in [0.3, 0.4) is 0 Å². The molecule has 3 rings (SSSR count). The van der Waals surface area contributed by atoms with E-state index >= 15 is 0 Å². The monoisotopic (exact) mass is 477 g/mol. The fourth-order valence-electron chi connectivity index (χ4n) is 2.88. The molecule has 6 nitrogen and oxygen atoms in total. The van der Waals surface area contributed by atoms with E-state index in [0.717, 1.165) is 4.47 Å². The second-order valence-corrected chi connectivity index (χ2v) is 8.77. The lowest BCUT2D eigenvalue weighted by Gasteiger charge is -2.21. The van der Waals surface area contributed by atoms with Gasteiger partial charge >= 0.3 is 0 Å². The fourth-order valence-corrected chi connectivity index (χ4v) is 3.54. The van der Waals surface area contributed by atoms with Crippen molar-refractivity contribution in [3.05, 3.63) is 61.6 Å². The first-order valence-electron chi connectivity index (χ1n) is 8.84. The topological polar surface area (TPSA) is 65.7 Å². The molecule has 0 aliphatic rings. The van der Waals surface area contributed by atoms with E-state index in [1.807, 2.05) is 32.9 Å². The number of fused-ring (bicyclic) bond motifs is 1. The van der Waals surface area contributed by atoms with E-state index in [0.29, 0.717) is 38.8 Å². The summed E-state index contributed by atoms with van der Waals surface area (Å²) in [5.74, 6) is 1.47. The van der Waals surface area contributed by atoms with E-state index in [9.17, 15) is 4.79 Å². The minimum atomic E-state index is -0.396. The quantitative estimate of drug-likeness (QED) is 0.495. The standard InChI is InChI=1S/C21H21BrClN3O3/c1-21(2,3)20-25-16-7-6-13(22)10-14(16)19(27)26(20)24-11-12-8-15(23)18(29-5)17(9-12)28-4/h6-11H,1-5H3. The molecule has 2 aromatic carbocycles. The van der Waals surface area contributed by atoms with Crippen LogP contribution in [0.1, 0.15) is 32.2 Å². The van der Waals surface area contributed by atoms with E-state index in [4.69, 9.17) is 26.1 Å². The van der Waals surface area contributed by atoms with Crippen LogP contribution in [0.25, 0.3) is 10.9 Å². The molecule has 29 heavy (non-hydrogen) atoms. The lowest BCUT2D eigenvalue weighted by molar-refractivity contribution is 0.355. The van der Waals surface area contributed by atoms with Crippen molar-refractivity contribution in [2.45, 2.75) is 26.2 Å². The van der Waals surface area contributed by atoms with Crippen LogP contribution in [0, 0.1) is 0 Å². The van der Waals surface area contributed by atoms with Gasteiger partial charge in [0.2, 0.25) is 0 Å². The van der Waals surface area contributed by atoms with Crippen LogP contribution in [0.4, 0.5) is 0 Å². The van der Waals surface area contributed by atoms with Crippen LogP contribution in [0.15, 0.2) is 44.7 Å². The van der Waals surface area contributed by atoms with Gasteiger partial charge in [0.15, 0.2) is 11.5 Å². The zero-order chi connectivity index (χ0) is 21.3. The van der Waals surface area contributed by atoms with Gasteiger partial charge in [-0.25, -0.2) is 4.98 Å². The van der Waals surface area contributed by atoms with Gasteiger partial charge in [0.1, 0.15) is 5.82 Å². The molecular weight excluding hydrogens is 458 g/mol. The predicted octanol–water partition coefficient (Wildman–Crippen LogP) is 5.01. The second kappa shape index (κ2) is 8.16. The Hall–Kier alpha value is -2.38. The van der Waals surface area contributed by atoms with Crippen LogP contribution in [-0.2, 0) is 5.41 Å². The SMILES string of the molecule is COc1cc(C=Nn2c(C(C)(C)C)nc3ccc(Br)cc3c2=O)cc(Cl)c1OC. The number of halogens is 2. The minimum absolute atomic E-state index is 0.246. The highest BCUT2D eigenvalue weighted by molar-refractivity contribution is 9.10. The molecule has 8 heteroatoms. The number of nitrogens with zero attached hydrogens (tertiary/aromatic N) is 3. The summed E-state index contributed by atoms with van der Waals surface area (Å²) in [5.41, 5.74) is 0.647. The van der Waals surface area contributed by atoms with E-state index in [2.05, 4.69) is 21.0 Å². The molecule has 0 unspecified atom stereocenters. The molecule has 0 spiro atoms. The average Bonchev–Trinajstić information content (AvgIpc) is 2.66. The van der Waals surface area contributed by atoms with Gasteiger partial charge in [-0.05, 0) is 35.9 Å². The van der Waals surface area contributed by atoms with Crippen molar-refractivity contribution in [2.24, 2.45) is 5.10 Å². The Morgan fingerprint density at radius 3 is 2.52 bits per heavy atom. The Morgan fingerprint density at radius 2 is 1.90 bits per heavy atom. The summed E-state index contributed by atoms with van der Waals surface area (Å²) >= 11 is 9.68. The third-order valence-electron chi connectivity index (χ3n) is 4.26. The zero-order valence-electron chi connectivity index (χ0n) is 16.8. The lowest BCUT2D eigenvalue weighted by atomic mass is 9.95. The first-order valence-corrected chi connectivity index (χ1v) is 10.0. The maximum atomic E-state index is 13.2. The third-order valence-corrected chi connectivity index (χ3v) is 5.03. The molecule has 0 saturated carbocycles. The first-order chi connectivity index (χ1) is 13.7. The van der Waals surface area contributed by atoms with Crippen LogP contribution in [0.2, 0.25) is 5.02 Å². The van der Waals surface area contributed by atoms with Crippen molar-refractivity contribution in [2.75, 3.05) is 14.2 Å². The van der Waals surface area contributed by atoms with Gasteiger partial charge in [0.25, 0.3) is 5.56 Å². The Labute approximate surface area is 182 Å². The van der Waals surface area contributed by atoms with Gasteiger partial charge < -0.3 is 9.47 Å². The molecule has 1 aromatic heterocycles. The molecule has 0 aliphatic carbocycles. The molecule has 152 valence electrons. The highest BCUT2D eigenvalue weighted by Crippen LogP contribution is 2.35. The van der Waals surface area contributed by atoms with Gasteiger partial charge in [0.05, 0.1) is 36.4 Å². The van der Waals surface area contributed by atoms with Crippen LogP contribution < -0.4 is 15.0 Å². The van der Waals surface area contributed by atoms with Crippen LogP contribution in [0.5, 0.6) is 11.5 Å². The zero-order valence-corrected chi connectivity index (χ0v) is 19.1. The summed E-state index contributed by atoms with van der Waals surface area (Å²) in [4.78, 5) is 17.9. The molecule has 0 saturated heterocycles. The lowest BCUT2D eigenvalue weighted by Crippen LogP contribution is -2.29. The predicted molar refractivity (Wildman–Crippen MR) is 120 cm³/mol. The largest absolute Gasteiger partial charge is 0.493 e. The molecule has 0 radical (unpaired) electrons. The Morgan fingerprint density at radius 1 is 1.17 bits per heavy atom. The van der Waals surface area contributed by atoms with Crippen LogP contribution in [-0.4, -0.2) is 30.1 Å². The Kier molecular flexibility index (Phi) is 6.00. The number of aromatic nitrogens is 2. The number of methoxy groups -OCH3 is 2. The van der Waals surface area contributed by atoms with E-state index in [-0.39, 0.29) is 5.56 Å². The molecule has 0 fully saturated rings. The van der Waals surface area contributed by atoms with Crippen molar-refractivity contribution in [1.82, 2.24) is 9.66 Å². The fraction of sp³-hybridized carbons (Fsp3) is 0.286. The van der Waals surface area contributed by atoms with Crippen molar-refractivity contribution >= 4 is 44.6 Å². The second-order valence-electron chi connectivity index (χ2n) is 7.45. The van der Waals surface area contributed by atoms with Crippen molar-refractivity contribution in [3.8, 4) is 11.5 Å². The van der Waals surface area contributed by atoms with Crippen LogP contribution >= 0.6 is 27.5 Å². The normalized spacial score (nSPS) is 12.0. The van der Waals surface area contributed by atoms with Crippen molar-refractivity contribution in [3.63, 3.8) is 0 Å². The molecule has 0 amide bonds. The summed E-state index contributed by atoms with van der Waals surface area (Å²) in [6.45, 7) is 5.95. The molecule has 0 N–H and O–H groups in total. The Balaban J connectivity index is 2.20. The van der Waals surface area contributed by atoms with Gasteiger partial charge in [0, 0.05) is 9.89 Å². The number of hydrogen-bond donors (Lipinski definition) is 0. The smallest absolute Gasteiger partial charge is 0.282 e. The summed E-state index contributed by atoms with van der Waals surface area (Å²) in [6.07, 6.45) is 1.55. The molecule has 0 bridgehead atoms. The molecule has 3 aromatic rings. The maximum Gasteiger partial charge on any atom is 0.282 e. The molecule has 0 atom stereocenters. The van der Waals surface area contributed by atoms with Gasteiger partial charge in [-0.2, -0.15) is 9.78 Å². The minimum Gasteiger partial charge on any atom is -0.493 e. The maximum absolute atomic E-state index is 13.2. The average molecular weight is 479 g/mol. The highest BCUT2D eigenvalue weighted by atomic mass is 79.9. The van der Waals surface area contributed by atoms with Gasteiger partial charge in [-0.3, -0.25) is 4.79 Å². The molecule has 1 heterocycles. The summed E-state index contributed by atoms with van der Waals surface area (Å²) in [7, 11) is 3.05. The third kappa shape index (κ3) is 4.31. The van der Waals surface area contributed by atoms with Crippen molar-refractivity contribution in [1.29, 1.82) is 0 Å². The summed E-state index contributed by atoms with van der Waals surface area (Å²) in [6, 6.07) is 8.86. The molecular formula is C21H21BrClN3O3. The van der Waals surface area contributed by atoms with Gasteiger partial charge in [-0.15, -0.1) is 0 Å². The van der Waals surface area contributed by atoms with E-state index in [1.54, 1.807) is 24.4 Å². The number of ether oxygens (including phenoxy) is 2. The van der Waals surface area contributed by atoms with E-state index < -0.39 is 5.41 Å². The van der Waals surface area contributed by atoms with E-state index in [1.165, 1.54) is 18.9 Å². The molecule has 0 aliphatic heterocycles. The number of rotatable bonds is 4. The first kappa shape index (κ1) is 21.3. The Bertz CT molecular complexity index is 1170. The number of benzene rings is 2.